The Morgan fingerprint density at radius 3 is 2.92 bits per heavy atom. The number of nitrogens with zero attached hydrogens (tertiary/aromatic N) is 3. The third-order valence-corrected chi connectivity index (χ3v) is 1.39. The Kier molecular flexibility index (Phi) is 2.58. The van der Waals surface area contributed by atoms with Crippen molar-refractivity contribution in [2.45, 2.75) is 13.0 Å². The molecule has 0 bridgehead atoms. The van der Waals surface area contributed by atoms with Crippen LogP contribution in [0, 0.1) is 10.1 Å². The first-order valence-corrected chi connectivity index (χ1v) is 3.48. The van der Waals surface area contributed by atoms with E-state index in [4.69, 9.17) is 5.11 Å². The van der Waals surface area contributed by atoms with Crippen molar-refractivity contribution in [1.29, 1.82) is 0 Å². The zero-order valence-electron chi connectivity index (χ0n) is 6.58. The second-order valence-corrected chi connectivity index (χ2v) is 2.36. The topological polar surface area (TPSA) is 98.3 Å². The molecule has 0 spiro atoms. The molecule has 1 rings (SSSR count). The average molecular weight is 185 g/mol. The maximum Gasteiger partial charge on any atom is 0.306 e. The van der Waals surface area contributed by atoms with Gasteiger partial charge in [0.05, 0.1) is 17.9 Å². The number of aromatic nitrogens is 2. The summed E-state index contributed by atoms with van der Waals surface area (Å²) in [5.41, 5.74) is -0.134. The molecule has 7 heteroatoms. The van der Waals surface area contributed by atoms with Crippen LogP contribution in [0.3, 0.4) is 0 Å². The van der Waals surface area contributed by atoms with E-state index in [1.54, 1.807) is 0 Å². The molecule has 0 aliphatic rings. The molecule has 0 amide bonds. The average Bonchev–Trinajstić information content (AvgIpc) is 2.48. The van der Waals surface area contributed by atoms with Gasteiger partial charge in [0.2, 0.25) is 0 Å². The molecule has 0 fully saturated rings. The van der Waals surface area contributed by atoms with Gasteiger partial charge in [0, 0.05) is 0 Å². The quantitative estimate of drug-likeness (QED) is 0.536. The van der Waals surface area contributed by atoms with Crippen molar-refractivity contribution in [1.82, 2.24) is 9.78 Å². The summed E-state index contributed by atoms with van der Waals surface area (Å²) in [4.78, 5) is 19.7. The van der Waals surface area contributed by atoms with Crippen molar-refractivity contribution in [2.24, 2.45) is 0 Å². The predicted octanol–water partition coefficient (Wildman–Crippen LogP) is 0.266. The molecule has 70 valence electrons. The fourth-order valence-corrected chi connectivity index (χ4v) is 0.779. The van der Waals surface area contributed by atoms with Crippen molar-refractivity contribution in [3.05, 3.63) is 22.5 Å². The highest BCUT2D eigenvalue weighted by Crippen LogP contribution is 2.07. The predicted molar refractivity (Wildman–Crippen MR) is 41.1 cm³/mol. The number of nitro groups is 1. The Hall–Kier alpha value is -1.92. The number of carboxylic acids is 1. The Bertz CT molecular complexity index is 332. The molecule has 0 saturated carbocycles. The van der Waals surface area contributed by atoms with Gasteiger partial charge < -0.3 is 5.11 Å². The Morgan fingerprint density at radius 1 is 1.77 bits per heavy atom. The minimum atomic E-state index is -0.960. The van der Waals surface area contributed by atoms with E-state index in [2.05, 4.69) is 5.10 Å². The van der Waals surface area contributed by atoms with Crippen LogP contribution in [0.15, 0.2) is 12.4 Å². The van der Waals surface area contributed by atoms with Crippen molar-refractivity contribution in [3.8, 4) is 0 Å². The molecule has 1 aromatic rings. The van der Waals surface area contributed by atoms with E-state index in [1.165, 1.54) is 10.9 Å². The SMILES string of the molecule is O=C(O)CCn1cc([N+](=O)[O-])cn1. The normalized spacial score (nSPS) is 9.85. The highest BCUT2D eigenvalue weighted by molar-refractivity contribution is 5.66. The summed E-state index contributed by atoms with van der Waals surface area (Å²) >= 11 is 0. The zero-order valence-corrected chi connectivity index (χ0v) is 6.58. The lowest BCUT2D eigenvalue weighted by molar-refractivity contribution is -0.385. The van der Waals surface area contributed by atoms with E-state index in [-0.39, 0.29) is 18.7 Å². The first kappa shape index (κ1) is 9.17. The van der Waals surface area contributed by atoms with Crippen LogP contribution in [-0.2, 0) is 11.3 Å². The van der Waals surface area contributed by atoms with Gasteiger partial charge in [-0.3, -0.25) is 19.6 Å². The minimum Gasteiger partial charge on any atom is -0.481 e. The van der Waals surface area contributed by atoms with Crippen molar-refractivity contribution in [2.75, 3.05) is 0 Å². The highest BCUT2D eigenvalue weighted by Gasteiger charge is 2.08. The molecule has 1 N–H and O–H groups in total. The lowest BCUT2D eigenvalue weighted by atomic mass is 10.4. The van der Waals surface area contributed by atoms with Gasteiger partial charge in [-0.2, -0.15) is 5.10 Å². The van der Waals surface area contributed by atoms with Gasteiger partial charge in [0.15, 0.2) is 0 Å². The van der Waals surface area contributed by atoms with Gasteiger partial charge in [0.1, 0.15) is 12.4 Å². The molecule has 0 aliphatic carbocycles. The number of carboxylic acid groups (broad SMARTS) is 1. The first-order valence-electron chi connectivity index (χ1n) is 3.48. The monoisotopic (exact) mass is 185 g/mol. The smallest absolute Gasteiger partial charge is 0.306 e. The minimum absolute atomic E-state index is 0.0984. The second kappa shape index (κ2) is 3.65. The molecule has 13 heavy (non-hydrogen) atoms. The summed E-state index contributed by atoms with van der Waals surface area (Å²) in [7, 11) is 0. The van der Waals surface area contributed by atoms with E-state index in [1.807, 2.05) is 0 Å². The summed E-state index contributed by atoms with van der Waals surface area (Å²) in [6.07, 6.45) is 2.18. The number of hydrogen-bond acceptors (Lipinski definition) is 4. The maximum atomic E-state index is 10.2. The Balaban J connectivity index is 2.59. The van der Waals surface area contributed by atoms with Gasteiger partial charge in [-0.25, -0.2) is 0 Å². The maximum absolute atomic E-state index is 10.2. The number of hydrogen-bond donors (Lipinski definition) is 1. The molecule has 1 aromatic heterocycles. The lowest BCUT2D eigenvalue weighted by Gasteiger charge is -1.94. The van der Waals surface area contributed by atoms with Crippen LogP contribution in [0.1, 0.15) is 6.42 Å². The summed E-state index contributed by atoms with van der Waals surface area (Å²) in [6, 6.07) is 0. The molecule has 0 radical (unpaired) electrons. The molecule has 1 heterocycles. The van der Waals surface area contributed by atoms with Crippen LogP contribution in [0.25, 0.3) is 0 Å². The van der Waals surface area contributed by atoms with Crippen LogP contribution >= 0.6 is 0 Å². The van der Waals surface area contributed by atoms with E-state index in [0.29, 0.717) is 0 Å². The number of aryl methyl sites for hydroxylation is 1. The summed E-state index contributed by atoms with van der Waals surface area (Å²) in [5.74, 6) is -0.960. The zero-order chi connectivity index (χ0) is 9.84. The molecule has 0 saturated heterocycles. The number of carbonyl (C=O) groups is 1. The van der Waals surface area contributed by atoms with E-state index in [9.17, 15) is 14.9 Å². The fraction of sp³-hybridized carbons (Fsp3) is 0.333. The third-order valence-electron chi connectivity index (χ3n) is 1.39. The number of aliphatic carboxylic acids is 1. The molecule has 0 atom stereocenters. The summed E-state index contributed by atoms with van der Waals surface area (Å²) in [6.45, 7) is 0.142. The summed E-state index contributed by atoms with van der Waals surface area (Å²) in [5, 5.41) is 22.1. The van der Waals surface area contributed by atoms with Gasteiger partial charge in [-0.15, -0.1) is 0 Å². The third kappa shape index (κ3) is 2.55. The van der Waals surface area contributed by atoms with Crippen molar-refractivity contribution in [3.63, 3.8) is 0 Å². The van der Waals surface area contributed by atoms with Crippen LogP contribution in [-0.4, -0.2) is 25.8 Å². The van der Waals surface area contributed by atoms with Crippen molar-refractivity contribution >= 4 is 11.7 Å². The Labute approximate surface area is 72.7 Å². The molecule has 0 aliphatic heterocycles. The van der Waals surface area contributed by atoms with Crippen LogP contribution < -0.4 is 0 Å². The molecule has 7 nitrogen and oxygen atoms in total. The first-order chi connectivity index (χ1) is 6.09. The van der Waals surface area contributed by atoms with Gasteiger partial charge in [-0.05, 0) is 0 Å². The fourth-order valence-electron chi connectivity index (χ4n) is 0.779. The van der Waals surface area contributed by atoms with Gasteiger partial charge in [-0.1, -0.05) is 0 Å². The van der Waals surface area contributed by atoms with Crippen molar-refractivity contribution < 1.29 is 14.8 Å². The largest absolute Gasteiger partial charge is 0.481 e. The Morgan fingerprint density at radius 2 is 2.46 bits per heavy atom. The molecule has 0 aromatic carbocycles. The number of rotatable bonds is 4. The van der Waals surface area contributed by atoms with E-state index in [0.717, 1.165) is 6.20 Å². The van der Waals surface area contributed by atoms with E-state index >= 15 is 0 Å². The van der Waals surface area contributed by atoms with Gasteiger partial charge >= 0.3 is 11.7 Å². The van der Waals surface area contributed by atoms with Gasteiger partial charge in [0.25, 0.3) is 0 Å². The highest BCUT2D eigenvalue weighted by atomic mass is 16.6. The molecular formula is C6H7N3O4. The van der Waals surface area contributed by atoms with Crippen LogP contribution in [0.2, 0.25) is 0 Å². The van der Waals surface area contributed by atoms with Crippen LogP contribution in [0.4, 0.5) is 5.69 Å². The standard InChI is InChI=1S/C6H7N3O4/c10-6(11)1-2-8-4-5(3-7-8)9(12)13/h3-4H,1-2H2,(H,10,11). The lowest BCUT2D eigenvalue weighted by Crippen LogP contribution is -2.04. The second-order valence-electron chi connectivity index (χ2n) is 2.36. The molecule has 0 unspecified atom stereocenters. The summed E-state index contributed by atoms with van der Waals surface area (Å²) < 4.78 is 1.23. The molecular weight excluding hydrogens is 178 g/mol. The van der Waals surface area contributed by atoms with E-state index < -0.39 is 10.9 Å². The van der Waals surface area contributed by atoms with Crippen LogP contribution in [0.5, 0.6) is 0 Å².